The standard InChI is InChI=1S/C6H10N3O4P/c7-3-1-2-4(6(9)5(3)8)13-14(10,11)12/h1-2H,7-9H2,(H2,10,11,12). The summed E-state index contributed by atoms with van der Waals surface area (Å²) in [6.07, 6.45) is 0. The highest BCUT2D eigenvalue weighted by Gasteiger charge is 2.19. The summed E-state index contributed by atoms with van der Waals surface area (Å²) in [5, 5.41) is 0. The van der Waals surface area contributed by atoms with E-state index in [1.165, 1.54) is 12.1 Å². The zero-order chi connectivity index (χ0) is 10.9. The van der Waals surface area contributed by atoms with Gasteiger partial charge in [-0.05, 0) is 12.1 Å². The van der Waals surface area contributed by atoms with Crippen LogP contribution >= 0.6 is 7.82 Å². The molecule has 0 saturated heterocycles. The number of nitrogens with two attached hydrogens (primary N) is 3. The average molecular weight is 219 g/mol. The van der Waals surface area contributed by atoms with Crippen LogP contribution in [-0.2, 0) is 4.57 Å². The van der Waals surface area contributed by atoms with Crippen LogP contribution in [0.1, 0.15) is 0 Å². The van der Waals surface area contributed by atoms with Gasteiger partial charge in [0.2, 0.25) is 0 Å². The SMILES string of the molecule is Nc1ccc(OP(=O)(O)O)c(N)c1N. The maximum atomic E-state index is 10.5. The number of anilines is 3. The fourth-order valence-electron chi connectivity index (χ4n) is 0.841. The molecule has 78 valence electrons. The van der Waals surface area contributed by atoms with Gasteiger partial charge in [-0.1, -0.05) is 0 Å². The molecule has 1 rings (SSSR count). The highest BCUT2D eigenvalue weighted by Crippen LogP contribution is 2.42. The highest BCUT2D eigenvalue weighted by atomic mass is 31.2. The topological polar surface area (TPSA) is 145 Å². The quantitative estimate of drug-likeness (QED) is 0.345. The van der Waals surface area contributed by atoms with Crippen molar-refractivity contribution in [1.29, 1.82) is 0 Å². The highest BCUT2D eigenvalue weighted by molar-refractivity contribution is 7.46. The Hall–Kier alpha value is -1.43. The minimum atomic E-state index is -4.63. The Morgan fingerprint density at radius 2 is 1.71 bits per heavy atom. The first kappa shape index (κ1) is 10.6. The summed E-state index contributed by atoms with van der Waals surface area (Å²) in [6, 6.07) is 2.58. The summed E-state index contributed by atoms with van der Waals surface area (Å²) in [4.78, 5) is 17.0. The molecule has 0 saturated carbocycles. The molecule has 8 heteroatoms. The second-order valence-electron chi connectivity index (χ2n) is 2.56. The normalized spacial score (nSPS) is 11.3. The molecule has 1 aromatic rings. The van der Waals surface area contributed by atoms with Gasteiger partial charge in [0.1, 0.15) is 5.69 Å². The van der Waals surface area contributed by atoms with E-state index in [1.54, 1.807) is 0 Å². The molecule has 0 unspecified atom stereocenters. The van der Waals surface area contributed by atoms with Crippen LogP contribution in [0.15, 0.2) is 12.1 Å². The lowest BCUT2D eigenvalue weighted by atomic mass is 10.2. The summed E-state index contributed by atoms with van der Waals surface area (Å²) < 4.78 is 14.8. The van der Waals surface area contributed by atoms with Gasteiger partial charge in [-0.15, -0.1) is 0 Å². The minimum Gasteiger partial charge on any atom is -0.402 e. The van der Waals surface area contributed by atoms with Gasteiger partial charge in [0.25, 0.3) is 0 Å². The third-order valence-corrected chi connectivity index (χ3v) is 1.93. The molecular formula is C6H10N3O4P. The first-order chi connectivity index (χ1) is 6.31. The number of benzene rings is 1. The zero-order valence-corrected chi connectivity index (χ0v) is 7.94. The van der Waals surface area contributed by atoms with Gasteiger partial charge in [0, 0.05) is 0 Å². The van der Waals surface area contributed by atoms with E-state index in [1.807, 2.05) is 0 Å². The molecule has 0 heterocycles. The predicted molar refractivity (Wildman–Crippen MR) is 52.4 cm³/mol. The third kappa shape index (κ3) is 2.29. The van der Waals surface area contributed by atoms with Crippen LogP contribution in [0, 0.1) is 0 Å². The van der Waals surface area contributed by atoms with E-state index in [4.69, 9.17) is 27.0 Å². The van der Waals surface area contributed by atoms with Crippen LogP contribution in [0.4, 0.5) is 17.1 Å². The minimum absolute atomic E-state index is 0.0379. The zero-order valence-electron chi connectivity index (χ0n) is 7.04. The molecule has 0 radical (unpaired) electrons. The van der Waals surface area contributed by atoms with Crippen molar-refractivity contribution in [1.82, 2.24) is 0 Å². The molecule has 7 nitrogen and oxygen atoms in total. The third-order valence-electron chi connectivity index (χ3n) is 1.50. The van der Waals surface area contributed by atoms with Crippen molar-refractivity contribution in [2.45, 2.75) is 0 Å². The smallest absolute Gasteiger partial charge is 0.402 e. The van der Waals surface area contributed by atoms with Gasteiger partial charge in [0.15, 0.2) is 5.75 Å². The van der Waals surface area contributed by atoms with Gasteiger partial charge >= 0.3 is 7.82 Å². The van der Waals surface area contributed by atoms with E-state index in [9.17, 15) is 4.57 Å². The van der Waals surface area contributed by atoms with E-state index in [2.05, 4.69) is 4.52 Å². The van der Waals surface area contributed by atoms with Gasteiger partial charge < -0.3 is 21.7 Å². The van der Waals surface area contributed by atoms with E-state index in [0.717, 1.165) is 0 Å². The van der Waals surface area contributed by atoms with Crippen LogP contribution in [0.5, 0.6) is 5.75 Å². The van der Waals surface area contributed by atoms with Crippen molar-refractivity contribution in [3.8, 4) is 5.75 Å². The Labute approximate surface area is 79.7 Å². The van der Waals surface area contributed by atoms with Crippen molar-refractivity contribution in [3.63, 3.8) is 0 Å². The first-order valence-corrected chi connectivity index (χ1v) is 5.03. The van der Waals surface area contributed by atoms with E-state index in [0.29, 0.717) is 0 Å². The van der Waals surface area contributed by atoms with E-state index >= 15 is 0 Å². The predicted octanol–water partition coefficient (Wildman–Crippen LogP) is -0.0953. The summed E-state index contributed by atoms with van der Waals surface area (Å²) in [6.45, 7) is 0. The monoisotopic (exact) mass is 219 g/mol. The molecule has 14 heavy (non-hydrogen) atoms. The van der Waals surface area contributed by atoms with Crippen molar-refractivity contribution < 1.29 is 18.9 Å². The van der Waals surface area contributed by atoms with Crippen LogP contribution in [0.2, 0.25) is 0 Å². The molecule has 0 fully saturated rings. The number of rotatable bonds is 2. The van der Waals surface area contributed by atoms with E-state index < -0.39 is 7.82 Å². The summed E-state index contributed by atoms with van der Waals surface area (Å²) >= 11 is 0. The average Bonchev–Trinajstić information content (AvgIpc) is 2.04. The Morgan fingerprint density at radius 3 is 2.21 bits per heavy atom. The van der Waals surface area contributed by atoms with Crippen molar-refractivity contribution in [3.05, 3.63) is 12.1 Å². The lowest BCUT2D eigenvalue weighted by Gasteiger charge is -2.11. The molecule has 0 aliphatic rings. The molecule has 1 aromatic carbocycles. The van der Waals surface area contributed by atoms with Gasteiger partial charge in [-0.2, -0.15) is 0 Å². The summed E-state index contributed by atoms with van der Waals surface area (Å²) in [7, 11) is -4.63. The lowest BCUT2D eigenvalue weighted by Crippen LogP contribution is -2.02. The maximum Gasteiger partial charge on any atom is 0.524 e. The van der Waals surface area contributed by atoms with Crippen LogP contribution < -0.4 is 21.7 Å². The fraction of sp³-hybridized carbons (Fsp3) is 0. The summed E-state index contributed by atoms with van der Waals surface area (Å²) in [5.41, 5.74) is 16.4. The summed E-state index contributed by atoms with van der Waals surface area (Å²) in [5.74, 6) is -0.190. The van der Waals surface area contributed by atoms with Gasteiger partial charge in [0.05, 0.1) is 11.4 Å². The van der Waals surface area contributed by atoms with Crippen molar-refractivity contribution in [2.24, 2.45) is 0 Å². The van der Waals surface area contributed by atoms with Crippen molar-refractivity contribution in [2.75, 3.05) is 17.2 Å². The molecule has 0 aliphatic carbocycles. The Bertz CT molecular complexity index is 402. The Morgan fingerprint density at radius 1 is 1.14 bits per heavy atom. The van der Waals surface area contributed by atoms with Crippen molar-refractivity contribution >= 4 is 24.9 Å². The van der Waals surface area contributed by atoms with Gasteiger partial charge in [-0.3, -0.25) is 9.79 Å². The Kier molecular flexibility index (Phi) is 2.57. The van der Waals surface area contributed by atoms with Crippen LogP contribution in [0.25, 0.3) is 0 Å². The second kappa shape index (κ2) is 3.38. The van der Waals surface area contributed by atoms with Crippen LogP contribution in [-0.4, -0.2) is 9.79 Å². The van der Waals surface area contributed by atoms with E-state index in [-0.39, 0.29) is 22.8 Å². The molecule has 8 N–H and O–H groups in total. The molecule has 0 bridgehead atoms. The lowest BCUT2D eigenvalue weighted by molar-refractivity contribution is 0.284. The number of hydrogen-bond donors (Lipinski definition) is 5. The molecule has 0 amide bonds. The Balaban J connectivity index is 3.12. The number of hydrogen-bond acceptors (Lipinski definition) is 5. The van der Waals surface area contributed by atoms with Gasteiger partial charge in [-0.25, -0.2) is 4.57 Å². The number of nitrogen functional groups attached to an aromatic ring is 3. The fourth-order valence-corrected chi connectivity index (χ4v) is 1.26. The largest absolute Gasteiger partial charge is 0.524 e. The number of phosphoric acid groups is 1. The molecule has 0 atom stereocenters. The maximum absolute atomic E-state index is 10.5. The molecular weight excluding hydrogens is 209 g/mol. The molecule has 0 aliphatic heterocycles. The molecule has 0 spiro atoms. The molecule has 0 aromatic heterocycles. The number of phosphoric ester groups is 1. The first-order valence-electron chi connectivity index (χ1n) is 3.50. The second-order valence-corrected chi connectivity index (χ2v) is 3.73. The van der Waals surface area contributed by atoms with Crippen LogP contribution in [0.3, 0.4) is 0 Å².